The van der Waals surface area contributed by atoms with Crippen LogP contribution >= 0.6 is 0 Å². The molecular weight excluding hydrogens is 468 g/mol. The third-order valence-electron chi connectivity index (χ3n) is 5.50. The Labute approximate surface area is 196 Å². The van der Waals surface area contributed by atoms with Crippen molar-refractivity contribution in [3.05, 3.63) is 72.1 Å². The lowest BCUT2D eigenvalue weighted by Gasteiger charge is -2.27. The van der Waals surface area contributed by atoms with Crippen LogP contribution < -0.4 is 5.32 Å². The van der Waals surface area contributed by atoms with E-state index in [0.717, 1.165) is 12.3 Å². The number of pyridine rings is 1. The number of benzene rings is 1. The maximum absolute atomic E-state index is 14.9. The van der Waals surface area contributed by atoms with Crippen LogP contribution in [0.5, 0.6) is 0 Å². The number of amides is 1. The van der Waals surface area contributed by atoms with E-state index in [-0.39, 0.29) is 17.2 Å². The first-order valence-electron chi connectivity index (χ1n) is 10.6. The van der Waals surface area contributed by atoms with Crippen molar-refractivity contribution in [3.63, 3.8) is 0 Å². The van der Waals surface area contributed by atoms with Crippen LogP contribution in [0.4, 0.5) is 29.2 Å². The van der Waals surface area contributed by atoms with E-state index in [2.05, 4.69) is 20.3 Å². The smallest absolute Gasteiger partial charge is 0.378 e. The van der Waals surface area contributed by atoms with Crippen molar-refractivity contribution in [3.8, 4) is 5.69 Å². The first-order valence-corrected chi connectivity index (χ1v) is 10.6. The number of fused-ring (bicyclic) bond motifs is 1. The van der Waals surface area contributed by atoms with Crippen molar-refractivity contribution in [2.24, 2.45) is 0 Å². The number of anilines is 2. The normalized spacial score (nSPS) is 14.3. The summed E-state index contributed by atoms with van der Waals surface area (Å²) >= 11 is 0. The van der Waals surface area contributed by atoms with Crippen molar-refractivity contribution >= 4 is 28.6 Å². The molecule has 3 aromatic heterocycles. The van der Waals surface area contributed by atoms with Crippen molar-refractivity contribution in [1.29, 1.82) is 0 Å². The van der Waals surface area contributed by atoms with E-state index in [0.29, 0.717) is 43.0 Å². The summed E-state index contributed by atoms with van der Waals surface area (Å²) in [6.07, 6.45) is -0.284. The zero-order chi connectivity index (χ0) is 24.6. The molecule has 0 atom stereocenters. The molecule has 0 radical (unpaired) electrons. The third kappa shape index (κ3) is 4.64. The summed E-state index contributed by atoms with van der Waals surface area (Å²) in [5, 5.41) is 3.48. The Balaban J connectivity index is 1.40. The number of nitrogens with zero attached hydrogens (tertiary/aromatic N) is 5. The van der Waals surface area contributed by atoms with Gasteiger partial charge in [0.15, 0.2) is 0 Å². The van der Waals surface area contributed by atoms with Crippen LogP contribution in [0.1, 0.15) is 16.1 Å². The van der Waals surface area contributed by atoms with Crippen LogP contribution in [0, 0.1) is 5.82 Å². The Bertz CT molecular complexity index is 1380. The lowest BCUT2D eigenvalue weighted by molar-refractivity contribution is -0.141. The number of alkyl halides is 3. The highest BCUT2D eigenvalue weighted by molar-refractivity contribution is 5.95. The minimum absolute atomic E-state index is 0.0288. The van der Waals surface area contributed by atoms with E-state index in [1.807, 2.05) is 0 Å². The van der Waals surface area contributed by atoms with Crippen molar-refractivity contribution in [2.45, 2.75) is 6.18 Å². The predicted octanol–water partition coefficient (Wildman–Crippen LogP) is 4.19. The minimum Gasteiger partial charge on any atom is -0.378 e. The van der Waals surface area contributed by atoms with Gasteiger partial charge in [0.05, 0.1) is 30.7 Å². The molecule has 0 spiro atoms. The number of aromatic nitrogens is 4. The van der Waals surface area contributed by atoms with Gasteiger partial charge in [-0.3, -0.25) is 4.79 Å². The number of carbonyl (C=O) groups is 1. The SMILES string of the molecule is O=C(c1ccc(-n2ccc3cnc(Nc4ccc(C(F)(F)F)nc4)nc32)cc1F)N1CCOCC1. The molecule has 12 heteroatoms. The number of halogens is 4. The molecule has 4 aromatic rings. The first kappa shape index (κ1) is 22.7. The Hall–Kier alpha value is -4.06. The number of hydrogen-bond acceptors (Lipinski definition) is 6. The molecule has 1 aliphatic rings. The molecule has 1 aliphatic heterocycles. The number of nitrogens with one attached hydrogen (secondary N) is 1. The Morgan fingerprint density at radius 1 is 1.03 bits per heavy atom. The molecule has 0 saturated carbocycles. The van der Waals surface area contributed by atoms with E-state index in [4.69, 9.17) is 4.74 Å². The third-order valence-corrected chi connectivity index (χ3v) is 5.50. The molecule has 8 nitrogen and oxygen atoms in total. The zero-order valence-electron chi connectivity index (χ0n) is 18.1. The van der Waals surface area contributed by atoms with Crippen molar-refractivity contribution in [1.82, 2.24) is 24.4 Å². The van der Waals surface area contributed by atoms with E-state index in [1.54, 1.807) is 27.8 Å². The monoisotopic (exact) mass is 486 g/mol. The fraction of sp³-hybridized carbons (Fsp3) is 0.217. The molecule has 180 valence electrons. The number of rotatable bonds is 4. The molecule has 1 saturated heterocycles. The highest BCUT2D eigenvalue weighted by atomic mass is 19.4. The molecule has 1 fully saturated rings. The largest absolute Gasteiger partial charge is 0.433 e. The average Bonchev–Trinajstić information content (AvgIpc) is 3.27. The molecule has 0 unspecified atom stereocenters. The van der Waals surface area contributed by atoms with Crippen molar-refractivity contribution < 1.29 is 27.1 Å². The molecule has 5 rings (SSSR count). The summed E-state index contributed by atoms with van der Waals surface area (Å²) in [5.74, 6) is -0.934. The van der Waals surface area contributed by atoms with Gasteiger partial charge in [0.25, 0.3) is 5.91 Å². The predicted molar refractivity (Wildman–Crippen MR) is 118 cm³/mol. The molecule has 4 heterocycles. The second kappa shape index (κ2) is 8.95. The van der Waals surface area contributed by atoms with Crippen molar-refractivity contribution in [2.75, 3.05) is 31.6 Å². The van der Waals surface area contributed by atoms with Gasteiger partial charge in [-0.1, -0.05) is 0 Å². The fourth-order valence-corrected chi connectivity index (χ4v) is 3.72. The number of morpholine rings is 1. The van der Waals surface area contributed by atoms with Crippen LogP contribution in [0.3, 0.4) is 0 Å². The van der Waals surface area contributed by atoms with Gasteiger partial charge in [-0.2, -0.15) is 18.2 Å². The molecule has 35 heavy (non-hydrogen) atoms. The molecule has 0 bridgehead atoms. The van der Waals surface area contributed by atoms with Gasteiger partial charge in [0.1, 0.15) is 17.2 Å². The quantitative estimate of drug-likeness (QED) is 0.436. The number of carbonyl (C=O) groups excluding carboxylic acids is 1. The second-order valence-corrected chi connectivity index (χ2v) is 7.78. The topological polar surface area (TPSA) is 85.2 Å². The van der Waals surface area contributed by atoms with Crippen LogP contribution in [0.2, 0.25) is 0 Å². The number of ether oxygens (including phenoxy) is 1. The second-order valence-electron chi connectivity index (χ2n) is 7.78. The molecule has 1 aromatic carbocycles. The summed E-state index contributed by atoms with van der Waals surface area (Å²) in [7, 11) is 0. The summed E-state index contributed by atoms with van der Waals surface area (Å²) in [4.78, 5) is 26.2. The van der Waals surface area contributed by atoms with Gasteiger partial charge >= 0.3 is 6.18 Å². The summed E-state index contributed by atoms with van der Waals surface area (Å²) < 4.78 is 59.9. The summed E-state index contributed by atoms with van der Waals surface area (Å²) in [6, 6.07) is 8.12. The lowest BCUT2D eigenvalue weighted by Crippen LogP contribution is -2.41. The summed E-state index contributed by atoms with van der Waals surface area (Å²) in [5.41, 5.74) is 0.114. The van der Waals surface area contributed by atoms with Gasteiger partial charge in [0.2, 0.25) is 5.95 Å². The summed E-state index contributed by atoms with van der Waals surface area (Å²) in [6.45, 7) is 1.64. The van der Waals surface area contributed by atoms with Crippen LogP contribution in [-0.2, 0) is 10.9 Å². The van der Waals surface area contributed by atoms with Crippen LogP contribution in [-0.4, -0.2) is 56.6 Å². The minimum atomic E-state index is -4.54. The molecular formula is C23H18F4N6O2. The fourth-order valence-electron chi connectivity index (χ4n) is 3.72. The van der Waals surface area contributed by atoms with Gasteiger partial charge in [0, 0.05) is 36.6 Å². The number of hydrogen-bond donors (Lipinski definition) is 1. The van der Waals surface area contributed by atoms with Crippen LogP contribution in [0.25, 0.3) is 16.7 Å². The Morgan fingerprint density at radius 2 is 1.83 bits per heavy atom. The molecule has 0 aliphatic carbocycles. The Morgan fingerprint density at radius 3 is 2.51 bits per heavy atom. The maximum atomic E-state index is 14.9. The van der Waals surface area contributed by atoms with E-state index >= 15 is 0 Å². The first-order chi connectivity index (χ1) is 16.8. The molecule has 1 amide bonds. The highest BCUT2D eigenvalue weighted by Crippen LogP contribution is 2.28. The standard InChI is InChI=1S/C23H18F4N6O2/c24-18-11-16(2-3-17(18)21(34)32-7-9-35-10-8-32)33-6-5-14-12-29-22(31-20(14)33)30-15-1-4-19(28-13-15)23(25,26)27/h1-6,11-13H,7-10H2,(H,29,30,31). The Kier molecular flexibility index (Phi) is 5.81. The van der Waals surface area contributed by atoms with Gasteiger partial charge < -0.3 is 19.5 Å². The van der Waals surface area contributed by atoms with Gasteiger partial charge in [-0.05, 0) is 36.4 Å². The van der Waals surface area contributed by atoms with Gasteiger partial charge in [-0.15, -0.1) is 0 Å². The average molecular weight is 486 g/mol. The van der Waals surface area contributed by atoms with E-state index < -0.39 is 23.6 Å². The van der Waals surface area contributed by atoms with Gasteiger partial charge in [-0.25, -0.2) is 14.4 Å². The lowest BCUT2D eigenvalue weighted by atomic mass is 10.1. The van der Waals surface area contributed by atoms with E-state index in [1.165, 1.54) is 24.4 Å². The van der Waals surface area contributed by atoms with Crippen LogP contribution in [0.15, 0.2) is 55.0 Å². The molecule has 1 N–H and O–H groups in total. The maximum Gasteiger partial charge on any atom is 0.433 e. The highest BCUT2D eigenvalue weighted by Gasteiger charge is 2.32. The zero-order valence-corrected chi connectivity index (χ0v) is 18.1. The van der Waals surface area contributed by atoms with E-state index in [9.17, 15) is 22.4 Å².